The Hall–Kier alpha value is -2.67. The molecule has 7 nitrogen and oxygen atoms in total. The van der Waals surface area contributed by atoms with Gasteiger partial charge in [-0.2, -0.15) is 0 Å². The van der Waals surface area contributed by atoms with Gasteiger partial charge in [-0.05, 0) is 43.8 Å². The first-order chi connectivity index (χ1) is 13.7. The van der Waals surface area contributed by atoms with Gasteiger partial charge in [0.15, 0.2) is 5.96 Å². The number of rotatable bonds is 7. The molecule has 0 saturated carbocycles. The van der Waals surface area contributed by atoms with Crippen molar-refractivity contribution in [3.05, 3.63) is 54.0 Å². The molecule has 0 radical (unpaired) electrons. The highest BCUT2D eigenvalue weighted by atomic mass is 15.3. The van der Waals surface area contributed by atoms with E-state index in [0.29, 0.717) is 6.54 Å². The van der Waals surface area contributed by atoms with Crippen LogP contribution in [0.15, 0.2) is 47.7 Å². The molecule has 7 heteroatoms. The molecule has 0 amide bonds. The van der Waals surface area contributed by atoms with E-state index in [-0.39, 0.29) is 0 Å². The molecular weight excluding hydrogens is 350 g/mol. The molecule has 1 aliphatic heterocycles. The van der Waals surface area contributed by atoms with E-state index in [2.05, 4.69) is 50.4 Å². The zero-order valence-electron chi connectivity index (χ0n) is 16.9. The summed E-state index contributed by atoms with van der Waals surface area (Å²) < 4.78 is 0. The second-order valence-corrected chi connectivity index (χ2v) is 7.01. The Morgan fingerprint density at radius 3 is 2.68 bits per heavy atom. The summed E-state index contributed by atoms with van der Waals surface area (Å²) in [6.45, 7) is 8.53. The van der Waals surface area contributed by atoms with Crippen LogP contribution in [0.2, 0.25) is 0 Å². The Labute approximate surface area is 167 Å². The van der Waals surface area contributed by atoms with Crippen LogP contribution in [-0.4, -0.2) is 67.1 Å². The van der Waals surface area contributed by atoms with Crippen LogP contribution in [0, 0.1) is 0 Å². The van der Waals surface area contributed by atoms with Crippen LogP contribution in [-0.2, 0) is 13.0 Å². The summed E-state index contributed by atoms with van der Waals surface area (Å²) in [7, 11) is 2.17. The highest BCUT2D eigenvalue weighted by Gasteiger charge is 2.15. The van der Waals surface area contributed by atoms with Gasteiger partial charge < -0.3 is 20.4 Å². The topological polar surface area (TPSA) is 68.7 Å². The van der Waals surface area contributed by atoms with Crippen LogP contribution >= 0.6 is 0 Å². The van der Waals surface area contributed by atoms with E-state index < -0.39 is 0 Å². The predicted molar refractivity (Wildman–Crippen MR) is 115 cm³/mol. The smallest absolute Gasteiger partial charge is 0.191 e. The first-order valence-electron chi connectivity index (χ1n) is 10.0. The van der Waals surface area contributed by atoms with Gasteiger partial charge in [-0.3, -0.25) is 4.98 Å². The summed E-state index contributed by atoms with van der Waals surface area (Å²) in [6, 6.07) is 10.2. The van der Waals surface area contributed by atoms with E-state index in [4.69, 9.17) is 4.99 Å². The van der Waals surface area contributed by atoms with Crippen LogP contribution in [0.1, 0.15) is 18.2 Å². The van der Waals surface area contributed by atoms with Gasteiger partial charge in [-0.1, -0.05) is 6.07 Å². The van der Waals surface area contributed by atoms with Gasteiger partial charge in [0.05, 0.1) is 6.54 Å². The summed E-state index contributed by atoms with van der Waals surface area (Å²) in [6.07, 6.45) is 4.59. The fourth-order valence-electron chi connectivity index (χ4n) is 3.13. The van der Waals surface area contributed by atoms with Crippen molar-refractivity contribution in [2.75, 3.05) is 51.2 Å². The monoisotopic (exact) mass is 381 g/mol. The molecule has 1 aliphatic rings. The fourth-order valence-corrected chi connectivity index (χ4v) is 3.13. The number of hydrogen-bond donors (Lipinski definition) is 2. The Morgan fingerprint density at radius 1 is 1.07 bits per heavy atom. The molecule has 28 heavy (non-hydrogen) atoms. The summed E-state index contributed by atoms with van der Waals surface area (Å²) in [5.41, 5.74) is 2.25. The molecule has 0 unspecified atom stereocenters. The fraction of sp³-hybridized carbons (Fsp3) is 0.476. The quantitative estimate of drug-likeness (QED) is 0.560. The van der Waals surface area contributed by atoms with Crippen LogP contribution in [0.4, 0.5) is 5.82 Å². The Balaban J connectivity index is 1.55. The van der Waals surface area contributed by atoms with Gasteiger partial charge in [-0.25, -0.2) is 9.98 Å². The number of guanidine groups is 1. The number of aliphatic imine (C=N–C) groups is 1. The lowest BCUT2D eigenvalue weighted by molar-refractivity contribution is 0.312. The number of nitrogens with one attached hydrogen (secondary N) is 2. The predicted octanol–water partition coefficient (Wildman–Crippen LogP) is 1.53. The number of pyridine rings is 2. The van der Waals surface area contributed by atoms with Crippen molar-refractivity contribution in [1.82, 2.24) is 25.5 Å². The normalized spacial score (nSPS) is 15.5. The third-order valence-corrected chi connectivity index (χ3v) is 4.80. The van der Waals surface area contributed by atoms with Crippen LogP contribution < -0.4 is 15.5 Å². The Kier molecular flexibility index (Phi) is 7.61. The van der Waals surface area contributed by atoms with E-state index >= 15 is 0 Å². The molecule has 0 spiro atoms. The number of piperazine rings is 1. The summed E-state index contributed by atoms with van der Waals surface area (Å²) in [5.74, 6) is 1.88. The zero-order chi connectivity index (χ0) is 19.6. The molecule has 0 aliphatic carbocycles. The third-order valence-electron chi connectivity index (χ3n) is 4.80. The second kappa shape index (κ2) is 10.6. The first kappa shape index (κ1) is 20.1. The van der Waals surface area contributed by atoms with Crippen molar-refractivity contribution in [1.29, 1.82) is 0 Å². The highest BCUT2D eigenvalue weighted by Crippen LogP contribution is 2.15. The van der Waals surface area contributed by atoms with E-state index in [0.717, 1.165) is 63.2 Å². The van der Waals surface area contributed by atoms with Crippen molar-refractivity contribution < 1.29 is 0 Å². The maximum atomic E-state index is 4.73. The summed E-state index contributed by atoms with van der Waals surface area (Å²) in [5, 5.41) is 6.70. The average Bonchev–Trinajstić information content (AvgIpc) is 2.73. The molecule has 3 rings (SSSR count). The molecule has 0 aromatic carbocycles. The minimum absolute atomic E-state index is 0.627. The van der Waals surface area contributed by atoms with E-state index in [1.54, 1.807) is 0 Å². The van der Waals surface area contributed by atoms with Gasteiger partial charge in [0, 0.05) is 63.8 Å². The van der Waals surface area contributed by atoms with E-state index in [1.807, 2.05) is 36.7 Å². The van der Waals surface area contributed by atoms with E-state index in [9.17, 15) is 0 Å². The highest BCUT2D eigenvalue weighted by molar-refractivity contribution is 5.79. The van der Waals surface area contributed by atoms with Crippen molar-refractivity contribution in [3.8, 4) is 0 Å². The minimum atomic E-state index is 0.627. The van der Waals surface area contributed by atoms with Gasteiger partial charge in [0.25, 0.3) is 0 Å². The molecule has 2 N–H and O–H groups in total. The van der Waals surface area contributed by atoms with E-state index in [1.165, 1.54) is 5.56 Å². The molecule has 2 aromatic heterocycles. The van der Waals surface area contributed by atoms with Crippen molar-refractivity contribution in [2.45, 2.75) is 19.9 Å². The van der Waals surface area contributed by atoms with Crippen LogP contribution in [0.5, 0.6) is 0 Å². The van der Waals surface area contributed by atoms with Crippen molar-refractivity contribution in [3.63, 3.8) is 0 Å². The molecule has 150 valence electrons. The van der Waals surface area contributed by atoms with Crippen LogP contribution in [0.3, 0.4) is 0 Å². The maximum absolute atomic E-state index is 4.73. The van der Waals surface area contributed by atoms with Gasteiger partial charge in [0.2, 0.25) is 0 Å². The number of anilines is 1. The second-order valence-electron chi connectivity index (χ2n) is 7.01. The Morgan fingerprint density at radius 2 is 1.93 bits per heavy atom. The Bertz CT molecular complexity index is 739. The molecule has 3 heterocycles. The number of nitrogens with zero attached hydrogens (tertiary/aromatic N) is 5. The van der Waals surface area contributed by atoms with Gasteiger partial charge in [0.1, 0.15) is 5.82 Å². The molecule has 0 bridgehead atoms. The molecule has 1 fully saturated rings. The minimum Gasteiger partial charge on any atom is -0.357 e. The SMILES string of the molecule is CCNC(=NCc1ccnc(N2CCN(C)CC2)c1)NCCc1ccccn1. The average molecular weight is 382 g/mol. The standard InChI is InChI=1S/C21H31N7/c1-3-22-21(25-11-8-19-6-4-5-9-23-19)26-17-18-7-10-24-20(16-18)28-14-12-27(2)13-15-28/h4-7,9-10,16H,3,8,11-15,17H2,1-2H3,(H2,22,25,26). The van der Waals surface area contributed by atoms with Gasteiger partial charge >= 0.3 is 0 Å². The van der Waals surface area contributed by atoms with Gasteiger partial charge in [-0.15, -0.1) is 0 Å². The molecular formula is C21H31N7. The lowest BCUT2D eigenvalue weighted by atomic mass is 10.2. The maximum Gasteiger partial charge on any atom is 0.191 e. The number of likely N-dealkylation sites (N-methyl/N-ethyl adjacent to an activating group) is 1. The van der Waals surface area contributed by atoms with Crippen molar-refractivity contribution >= 4 is 11.8 Å². The third kappa shape index (κ3) is 6.20. The molecule has 2 aromatic rings. The number of hydrogen-bond acceptors (Lipinski definition) is 5. The molecule has 1 saturated heterocycles. The summed E-state index contributed by atoms with van der Waals surface area (Å²) in [4.78, 5) is 18.3. The number of aromatic nitrogens is 2. The lowest BCUT2D eigenvalue weighted by Crippen LogP contribution is -2.44. The lowest BCUT2D eigenvalue weighted by Gasteiger charge is -2.33. The van der Waals surface area contributed by atoms with Crippen LogP contribution in [0.25, 0.3) is 0 Å². The first-order valence-corrected chi connectivity index (χ1v) is 10.0. The zero-order valence-corrected chi connectivity index (χ0v) is 16.9. The van der Waals surface area contributed by atoms with Crippen molar-refractivity contribution in [2.24, 2.45) is 4.99 Å². The largest absolute Gasteiger partial charge is 0.357 e. The summed E-state index contributed by atoms with van der Waals surface area (Å²) >= 11 is 0. The molecule has 0 atom stereocenters.